The summed E-state index contributed by atoms with van der Waals surface area (Å²) in [5, 5.41) is 3.85. The van der Waals surface area contributed by atoms with E-state index in [0.717, 1.165) is 12.6 Å². The highest BCUT2D eigenvalue weighted by atomic mass is 16.5. The quantitative estimate of drug-likeness (QED) is 0.734. The molecule has 100 valence electrons. The van der Waals surface area contributed by atoms with Gasteiger partial charge in [-0.3, -0.25) is 0 Å². The Balaban J connectivity index is 1.78. The molecule has 2 fully saturated rings. The molecule has 0 aromatic rings. The van der Waals surface area contributed by atoms with Crippen LogP contribution in [-0.4, -0.2) is 24.8 Å². The summed E-state index contributed by atoms with van der Waals surface area (Å²) in [7, 11) is 0. The number of ether oxygens (including phenoxy) is 1. The largest absolute Gasteiger partial charge is 0.378 e. The van der Waals surface area contributed by atoms with Crippen LogP contribution in [0.5, 0.6) is 0 Å². The van der Waals surface area contributed by atoms with Crippen molar-refractivity contribution in [2.24, 2.45) is 5.41 Å². The molecule has 2 saturated carbocycles. The van der Waals surface area contributed by atoms with Crippen LogP contribution in [0.2, 0.25) is 0 Å². The third-order valence-electron chi connectivity index (χ3n) is 4.91. The second-order valence-corrected chi connectivity index (χ2v) is 6.03. The molecule has 0 amide bonds. The zero-order valence-electron chi connectivity index (χ0n) is 11.8. The Morgan fingerprint density at radius 1 is 1.35 bits per heavy atom. The molecule has 2 nitrogen and oxygen atoms in total. The van der Waals surface area contributed by atoms with Crippen molar-refractivity contribution >= 4 is 0 Å². The summed E-state index contributed by atoms with van der Waals surface area (Å²) in [6.45, 7) is 7.62. The predicted octanol–water partition coefficient (Wildman–Crippen LogP) is 3.50. The van der Waals surface area contributed by atoms with Crippen LogP contribution in [-0.2, 0) is 4.74 Å². The number of nitrogens with one attached hydrogen (secondary N) is 1. The van der Waals surface area contributed by atoms with E-state index in [-0.39, 0.29) is 0 Å². The maximum atomic E-state index is 5.89. The fourth-order valence-corrected chi connectivity index (χ4v) is 3.61. The van der Waals surface area contributed by atoms with E-state index < -0.39 is 0 Å². The lowest BCUT2D eigenvalue weighted by molar-refractivity contribution is -0.174. The molecule has 0 aromatic carbocycles. The number of hydrogen-bond donors (Lipinski definition) is 1. The summed E-state index contributed by atoms with van der Waals surface area (Å²) in [5.74, 6) is 0. The van der Waals surface area contributed by atoms with Crippen molar-refractivity contribution in [2.75, 3.05) is 6.61 Å². The van der Waals surface area contributed by atoms with Gasteiger partial charge in [-0.05, 0) is 39.5 Å². The van der Waals surface area contributed by atoms with Crippen molar-refractivity contribution in [3.8, 4) is 0 Å². The van der Waals surface area contributed by atoms with Crippen LogP contribution in [0, 0.1) is 5.41 Å². The second kappa shape index (κ2) is 5.71. The smallest absolute Gasteiger partial charge is 0.0661 e. The summed E-state index contributed by atoms with van der Waals surface area (Å²) < 4.78 is 5.89. The molecule has 0 radical (unpaired) electrons. The average molecular weight is 239 g/mol. The van der Waals surface area contributed by atoms with Crippen LogP contribution in [0.3, 0.4) is 0 Å². The van der Waals surface area contributed by atoms with Gasteiger partial charge in [-0.15, -0.1) is 0 Å². The molecule has 2 rings (SSSR count). The van der Waals surface area contributed by atoms with Gasteiger partial charge in [-0.1, -0.05) is 26.2 Å². The van der Waals surface area contributed by atoms with Gasteiger partial charge in [0.15, 0.2) is 0 Å². The number of unbranched alkanes of at least 4 members (excludes halogenated alkanes) is 1. The molecular weight excluding hydrogens is 210 g/mol. The molecule has 1 spiro atoms. The lowest BCUT2D eigenvalue weighted by atomic mass is 9.51. The Morgan fingerprint density at radius 2 is 2.12 bits per heavy atom. The van der Waals surface area contributed by atoms with Crippen molar-refractivity contribution in [1.82, 2.24) is 5.32 Å². The van der Waals surface area contributed by atoms with Gasteiger partial charge in [0.25, 0.3) is 0 Å². The number of hydrogen-bond acceptors (Lipinski definition) is 2. The Bertz CT molecular complexity index is 237. The molecule has 1 N–H and O–H groups in total. The first kappa shape index (κ1) is 13.4. The first-order chi connectivity index (χ1) is 8.23. The maximum absolute atomic E-state index is 5.89. The molecule has 2 heteroatoms. The molecule has 0 saturated heterocycles. The second-order valence-electron chi connectivity index (χ2n) is 6.03. The van der Waals surface area contributed by atoms with Crippen molar-refractivity contribution in [1.29, 1.82) is 0 Å². The Kier molecular flexibility index (Phi) is 4.48. The van der Waals surface area contributed by atoms with Gasteiger partial charge in [-0.2, -0.15) is 0 Å². The van der Waals surface area contributed by atoms with E-state index in [1.54, 1.807) is 0 Å². The molecule has 2 aliphatic carbocycles. The van der Waals surface area contributed by atoms with Crippen LogP contribution < -0.4 is 5.32 Å². The molecule has 3 unspecified atom stereocenters. The van der Waals surface area contributed by atoms with Crippen LogP contribution in [0.4, 0.5) is 0 Å². The van der Waals surface area contributed by atoms with Crippen LogP contribution in [0.1, 0.15) is 65.7 Å². The molecule has 3 atom stereocenters. The van der Waals surface area contributed by atoms with E-state index in [4.69, 9.17) is 4.74 Å². The van der Waals surface area contributed by atoms with Gasteiger partial charge in [0.2, 0.25) is 0 Å². The van der Waals surface area contributed by atoms with Crippen LogP contribution in [0.15, 0.2) is 0 Å². The van der Waals surface area contributed by atoms with E-state index in [0.29, 0.717) is 17.6 Å². The molecule has 2 aliphatic rings. The van der Waals surface area contributed by atoms with Gasteiger partial charge in [0.05, 0.1) is 6.10 Å². The molecular formula is C15H29NO. The SMILES string of the molecule is CCCCC(C)NC1CC(OCC)C12CCC2. The Labute approximate surface area is 107 Å². The third-order valence-corrected chi connectivity index (χ3v) is 4.91. The fourth-order valence-electron chi connectivity index (χ4n) is 3.61. The van der Waals surface area contributed by atoms with Crippen molar-refractivity contribution in [2.45, 2.75) is 83.9 Å². The lowest BCUT2D eigenvalue weighted by Crippen LogP contribution is -2.67. The summed E-state index contributed by atoms with van der Waals surface area (Å²) >= 11 is 0. The standard InChI is InChI=1S/C15H29NO/c1-4-6-8-12(3)16-13-11-14(17-5-2)15(13)9-7-10-15/h12-14,16H,4-11H2,1-3H3. The summed E-state index contributed by atoms with van der Waals surface area (Å²) in [5.41, 5.74) is 0.524. The fraction of sp³-hybridized carbons (Fsp3) is 1.00. The molecule has 0 heterocycles. The van der Waals surface area contributed by atoms with Crippen molar-refractivity contribution in [3.63, 3.8) is 0 Å². The zero-order chi connectivity index (χ0) is 12.3. The minimum Gasteiger partial charge on any atom is -0.378 e. The van der Waals surface area contributed by atoms with E-state index in [1.165, 1.54) is 44.9 Å². The van der Waals surface area contributed by atoms with E-state index in [9.17, 15) is 0 Å². The highest BCUT2D eigenvalue weighted by Gasteiger charge is 2.58. The highest BCUT2D eigenvalue weighted by Crippen LogP contribution is 2.57. The van der Waals surface area contributed by atoms with Gasteiger partial charge >= 0.3 is 0 Å². The molecule has 0 aromatic heterocycles. The Hall–Kier alpha value is -0.0800. The molecule has 17 heavy (non-hydrogen) atoms. The first-order valence-electron chi connectivity index (χ1n) is 7.60. The van der Waals surface area contributed by atoms with Gasteiger partial charge in [0.1, 0.15) is 0 Å². The van der Waals surface area contributed by atoms with Gasteiger partial charge in [0, 0.05) is 24.1 Å². The predicted molar refractivity (Wildman–Crippen MR) is 72.2 cm³/mol. The van der Waals surface area contributed by atoms with Gasteiger partial charge < -0.3 is 10.1 Å². The minimum atomic E-state index is 0.524. The Morgan fingerprint density at radius 3 is 2.65 bits per heavy atom. The van der Waals surface area contributed by atoms with E-state index >= 15 is 0 Å². The zero-order valence-corrected chi connectivity index (χ0v) is 11.8. The molecule has 0 bridgehead atoms. The van der Waals surface area contributed by atoms with Crippen molar-refractivity contribution < 1.29 is 4.74 Å². The summed E-state index contributed by atoms with van der Waals surface area (Å²) in [4.78, 5) is 0. The van der Waals surface area contributed by atoms with E-state index in [1.807, 2.05) is 0 Å². The summed E-state index contributed by atoms with van der Waals surface area (Å²) in [6.07, 6.45) is 9.95. The molecule has 0 aliphatic heterocycles. The minimum absolute atomic E-state index is 0.524. The van der Waals surface area contributed by atoms with Crippen molar-refractivity contribution in [3.05, 3.63) is 0 Å². The first-order valence-corrected chi connectivity index (χ1v) is 7.60. The normalized spacial score (nSPS) is 31.9. The maximum Gasteiger partial charge on any atom is 0.0661 e. The van der Waals surface area contributed by atoms with Crippen LogP contribution in [0.25, 0.3) is 0 Å². The van der Waals surface area contributed by atoms with Crippen LogP contribution >= 0.6 is 0 Å². The number of rotatable bonds is 7. The average Bonchev–Trinajstić information content (AvgIpc) is 2.22. The topological polar surface area (TPSA) is 21.3 Å². The van der Waals surface area contributed by atoms with E-state index in [2.05, 4.69) is 26.1 Å². The third kappa shape index (κ3) is 2.53. The van der Waals surface area contributed by atoms with Gasteiger partial charge in [-0.25, -0.2) is 0 Å². The monoisotopic (exact) mass is 239 g/mol. The summed E-state index contributed by atoms with van der Waals surface area (Å²) in [6, 6.07) is 1.42. The highest BCUT2D eigenvalue weighted by molar-refractivity contribution is 5.12. The lowest BCUT2D eigenvalue weighted by Gasteiger charge is -2.61.